The van der Waals surface area contributed by atoms with Gasteiger partial charge in [0.1, 0.15) is 13.2 Å². The number of ether oxygens (including phenoxy) is 3. The smallest absolute Gasteiger partial charge is 0.306 e. The van der Waals surface area contributed by atoms with Gasteiger partial charge in [-0.1, -0.05) is 189 Å². The summed E-state index contributed by atoms with van der Waals surface area (Å²) in [5, 5.41) is 0. The van der Waals surface area contributed by atoms with Crippen molar-refractivity contribution in [2.24, 2.45) is 0 Å². The maximum Gasteiger partial charge on any atom is 0.306 e. The predicted octanol–water partition coefficient (Wildman–Crippen LogP) is 16.4. The molecule has 0 heterocycles. The van der Waals surface area contributed by atoms with Crippen LogP contribution in [-0.4, -0.2) is 37.2 Å². The summed E-state index contributed by atoms with van der Waals surface area (Å²) in [5.41, 5.74) is 0. The number of hydrogen-bond donors (Lipinski definition) is 0. The van der Waals surface area contributed by atoms with Crippen molar-refractivity contribution in [1.29, 1.82) is 0 Å². The second kappa shape index (κ2) is 49.2. The minimum absolute atomic E-state index is 0.0962. The summed E-state index contributed by atoms with van der Waals surface area (Å²) < 4.78 is 16.7. The van der Waals surface area contributed by atoms with Gasteiger partial charge >= 0.3 is 17.9 Å². The van der Waals surface area contributed by atoms with E-state index in [4.69, 9.17) is 14.2 Å². The third-order valence-electron chi connectivity index (χ3n) is 10.4. The number of esters is 3. The molecule has 1 atom stereocenters. The van der Waals surface area contributed by atoms with Gasteiger partial charge in [-0.3, -0.25) is 14.4 Å². The lowest BCUT2D eigenvalue weighted by Gasteiger charge is -2.18. The fourth-order valence-corrected chi connectivity index (χ4v) is 6.55. The van der Waals surface area contributed by atoms with Crippen LogP contribution in [0.2, 0.25) is 0 Å². The molecule has 0 saturated heterocycles. The van der Waals surface area contributed by atoms with Crippen molar-refractivity contribution in [1.82, 2.24) is 0 Å². The molecule has 0 amide bonds. The first kappa shape index (κ1) is 57.6. The molecule has 0 bridgehead atoms. The Morgan fingerprint density at radius 3 is 1.00 bits per heavy atom. The molecule has 0 spiro atoms. The van der Waals surface area contributed by atoms with Gasteiger partial charge in [-0.2, -0.15) is 0 Å². The molecular formula is C55H92O6. The molecule has 0 fully saturated rings. The van der Waals surface area contributed by atoms with Crippen molar-refractivity contribution in [3.8, 4) is 0 Å². The van der Waals surface area contributed by atoms with Gasteiger partial charge < -0.3 is 14.2 Å². The average Bonchev–Trinajstić information content (AvgIpc) is 3.26. The number of carbonyl (C=O) groups excluding carboxylic acids is 3. The third kappa shape index (κ3) is 47.5. The minimum Gasteiger partial charge on any atom is -0.462 e. The summed E-state index contributed by atoms with van der Waals surface area (Å²) in [5.74, 6) is -0.943. The van der Waals surface area contributed by atoms with Crippen LogP contribution in [0.1, 0.15) is 226 Å². The molecule has 0 aliphatic carbocycles. The van der Waals surface area contributed by atoms with Gasteiger partial charge in [0.2, 0.25) is 0 Å². The molecule has 348 valence electrons. The summed E-state index contributed by atoms with van der Waals surface area (Å²) in [6, 6.07) is 0. The van der Waals surface area contributed by atoms with Crippen LogP contribution in [0.15, 0.2) is 85.1 Å². The Bertz CT molecular complexity index is 1200. The highest BCUT2D eigenvalue weighted by atomic mass is 16.6. The first-order chi connectivity index (χ1) is 30.0. The van der Waals surface area contributed by atoms with Crippen molar-refractivity contribution in [2.45, 2.75) is 232 Å². The van der Waals surface area contributed by atoms with Crippen molar-refractivity contribution in [3.05, 3.63) is 85.1 Å². The van der Waals surface area contributed by atoms with Crippen LogP contribution >= 0.6 is 0 Å². The monoisotopic (exact) mass is 849 g/mol. The summed E-state index contributed by atoms with van der Waals surface area (Å²) in [4.78, 5) is 37.9. The molecule has 6 heteroatoms. The number of rotatable bonds is 44. The van der Waals surface area contributed by atoms with E-state index in [-0.39, 0.29) is 31.1 Å². The Morgan fingerprint density at radius 1 is 0.344 bits per heavy atom. The molecule has 0 aromatic rings. The standard InChI is InChI=1S/C55H92O6/c1-4-7-10-13-16-19-22-25-28-31-33-36-39-42-45-48-54(57)60-51-52(61-55(58)49-46-43-40-37-34-30-27-24-21-18-15-12-9-6-3)50-59-53(56)47-44-41-38-35-32-29-26-23-20-17-14-11-8-5-2/h7,10,14-19,23-28,52H,4-6,8-9,11-13,20-22,29-51H2,1-3H3/b10-7-,17-14-,18-15-,19-16-,26-23-,27-24-,28-25-. The highest BCUT2D eigenvalue weighted by Crippen LogP contribution is 2.13. The van der Waals surface area contributed by atoms with Crippen molar-refractivity contribution >= 4 is 17.9 Å². The fourth-order valence-electron chi connectivity index (χ4n) is 6.55. The minimum atomic E-state index is -0.796. The molecule has 0 aliphatic heterocycles. The Labute approximate surface area is 375 Å². The molecular weight excluding hydrogens is 757 g/mol. The quantitative estimate of drug-likeness (QED) is 0.0263. The maximum absolute atomic E-state index is 12.8. The van der Waals surface area contributed by atoms with E-state index >= 15 is 0 Å². The van der Waals surface area contributed by atoms with Gasteiger partial charge in [0.15, 0.2) is 6.10 Å². The van der Waals surface area contributed by atoms with Gasteiger partial charge in [-0.15, -0.1) is 0 Å². The first-order valence-electron chi connectivity index (χ1n) is 25.1. The SMILES string of the molecule is CC/C=C\C/C=C\C/C=C\CCCCCCCC(=O)OCC(COC(=O)CCCCCCC/C=C\C/C=C\CCCC)OC(=O)CCCCCCC/C=C\C/C=C\CCCC. The summed E-state index contributed by atoms with van der Waals surface area (Å²) in [6.45, 7) is 6.39. The van der Waals surface area contributed by atoms with Crippen molar-refractivity contribution in [2.75, 3.05) is 13.2 Å². The number of allylic oxidation sites excluding steroid dienone is 14. The predicted molar refractivity (Wildman–Crippen MR) is 261 cm³/mol. The van der Waals surface area contributed by atoms with Crippen molar-refractivity contribution < 1.29 is 28.6 Å². The van der Waals surface area contributed by atoms with E-state index < -0.39 is 6.10 Å². The Hall–Kier alpha value is -3.41. The van der Waals surface area contributed by atoms with Crippen molar-refractivity contribution in [3.63, 3.8) is 0 Å². The first-order valence-corrected chi connectivity index (χ1v) is 25.1. The second-order valence-corrected chi connectivity index (χ2v) is 16.3. The number of unbranched alkanes of at least 4 members (excludes halogenated alkanes) is 19. The Morgan fingerprint density at radius 2 is 0.639 bits per heavy atom. The zero-order valence-electron chi connectivity index (χ0n) is 39.7. The van der Waals surface area contributed by atoms with E-state index in [1.807, 2.05) is 0 Å². The number of carbonyl (C=O) groups is 3. The van der Waals surface area contributed by atoms with Crippen LogP contribution in [0.4, 0.5) is 0 Å². The molecule has 0 aromatic heterocycles. The van der Waals surface area contributed by atoms with Gasteiger partial charge in [-0.05, 0) is 103 Å². The van der Waals surface area contributed by atoms with E-state index in [1.165, 1.54) is 38.5 Å². The van der Waals surface area contributed by atoms with Crippen LogP contribution in [0, 0.1) is 0 Å². The summed E-state index contributed by atoms with van der Waals surface area (Å²) in [7, 11) is 0. The molecule has 0 radical (unpaired) electrons. The summed E-state index contributed by atoms with van der Waals surface area (Å²) in [6.07, 6.45) is 62.7. The highest BCUT2D eigenvalue weighted by Gasteiger charge is 2.19. The Balaban J connectivity index is 4.47. The van der Waals surface area contributed by atoms with E-state index in [9.17, 15) is 14.4 Å². The normalized spacial score (nSPS) is 12.8. The zero-order chi connectivity index (χ0) is 44.4. The van der Waals surface area contributed by atoms with E-state index in [1.54, 1.807) is 0 Å². The van der Waals surface area contributed by atoms with Crippen LogP contribution in [0.25, 0.3) is 0 Å². The van der Waals surface area contributed by atoms with Crippen LogP contribution in [-0.2, 0) is 28.6 Å². The molecule has 0 rings (SSSR count). The average molecular weight is 849 g/mol. The number of hydrogen-bond acceptors (Lipinski definition) is 6. The largest absolute Gasteiger partial charge is 0.462 e. The van der Waals surface area contributed by atoms with Gasteiger partial charge in [0.25, 0.3) is 0 Å². The van der Waals surface area contributed by atoms with Crippen LogP contribution in [0.5, 0.6) is 0 Å². The lowest BCUT2D eigenvalue weighted by atomic mass is 10.1. The van der Waals surface area contributed by atoms with E-state index in [0.29, 0.717) is 19.3 Å². The van der Waals surface area contributed by atoms with Gasteiger partial charge in [0, 0.05) is 19.3 Å². The lowest BCUT2D eigenvalue weighted by Crippen LogP contribution is -2.30. The molecule has 1 unspecified atom stereocenters. The third-order valence-corrected chi connectivity index (χ3v) is 10.4. The fraction of sp³-hybridized carbons (Fsp3) is 0.691. The van der Waals surface area contributed by atoms with Gasteiger partial charge in [-0.25, -0.2) is 0 Å². The van der Waals surface area contributed by atoms with Crippen LogP contribution in [0.3, 0.4) is 0 Å². The molecule has 0 aromatic carbocycles. The second-order valence-electron chi connectivity index (χ2n) is 16.3. The zero-order valence-corrected chi connectivity index (χ0v) is 39.7. The van der Waals surface area contributed by atoms with Crippen LogP contribution < -0.4 is 0 Å². The maximum atomic E-state index is 12.8. The lowest BCUT2D eigenvalue weighted by molar-refractivity contribution is -0.167. The van der Waals surface area contributed by atoms with E-state index in [0.717, 1.165) is 148 Å². The van der Waals surface area contributed by atoms with Gasteiger partial charge in [0.05, 0.1) is 0 Å². The molecule has 61 heavy (non-hydrogen) atoms. The summed E-state index contributed by atoms with van der Waals surface area (Å²) >= 11 is 0. The van der Waals surface area contributed by atoms with E-state index in [2.05, 4.69) is 106 Å². The topological polar surface area (TPSA) is 78.9 Å². The Kier molecular flexibility index (Phi) is 46.5. The highest BCUT2D eigenvalue weighted by molar-refractivity contribution is 5.71. The molecule has 6 nitrogen and oxygen atoms in total. The molecule has 0 aliphatic rings. The molecule has 0 N–H and O–H groups in total. The molecule has 0 saturated carbocycles.